The van der Waals surface area contributed by atoms with Gasteiger partial charge in [-0.25, -0.2) is 4.98 Å². The number of hydrogen-bond acceptors (Lipinski definition) is 3. The highest BCUT2D eigenvalue weighted by Crippen LogP contribution is 2.30. The van der Waals surface area contributed by atoms with E-state index in [4.69, 9.17) is 0 Å². The van der Waals surface area contributed by atoms with Crippen molar-refractivity contribution in [2.75, 3.05) is 0 Å². The predicted molar refractivity (Wildman–Crippen MR) is 64.2 cm³/mol. The average Bonchev–Trinajstić information content (AvgIpc) is 2.60. The first-order chi connectivity index (χ1) is 7.02. The van der Waals surface area contributed by atoms with E-state index in [0.29, 0.717) is 0 Å². The van der Waals surface area contributed by atoms with Crippen molar-refractivity contribution in [1.82, 2.24) is 4.98 Å². The molecule has 1 heterocycles. The fraction of sp³-hybridized carbons (Fsp3) is 0.417. The summed E-state index contributed by atoms with van der Waals surface area (Å²) in [5.41, 5.74) is 5.12. The lowest BCUT2D eigenvalue weighted by Gasteiger charge is -2.22. The van der Waals surface area contributed by atoms with Crippen molar-refractivity contribution < 1.29 is 5.11 Å². The third-order valence-electron chi connectivity index (χ3n) is 2.53. The number of benzene rings is 1. The maximum atomic E-state index is 9.36. The van der Waals surface area contributed by atoms with E-state index < -0.39 is 0 Å². The molecule has 15 heavy (non-hydrogen) atoms. The van der Waals surface area contributed by atoms with Gasteiger partial charge in [0, 0.05) is 0 Å². The normalized spacial score (nSPS) is 12.3. The van der Waals surface area contributed by atoms with Crippen LogP contribution in [0.15, 0.2) is 17.6 Å². The number of aromatic nitrogens is 1. The molecule has 1 aromatic carbocycles. The molecule has 80 valence electrons. The summed E-state index contributed by atoms with van der Waals surface area (Å²) in [5.74, 6) is 0. The quantitative estimate of drug-likeness (QED) is 0.802. The number of hydrogen-bond donors (Lipinski definition) is 1. The van der Waals surface area contributed by atoms with E-state index in [1.807, 2.05) is 11.6 Å². The zero-order valence-electron chi connectivity index (χ0n) is 9.24. The van der Waals surface area contributed by atoms with Gasteiger partial charge in [0.05, 0.1) is 22.3 Å². The molecule has 1 N–H and O–H groups in total. The van der Waals surface area contributed by atoms with E-state index in [9.17, 15) is 5.11 Å². The van der Waals surface area contributed by atoms with Gasteiger partial charge in [-0.1, -0.05) is 20.8 Å². The lowest BCUT2D eigenvalue weighted by atomic mass is 9.84. The van der Waals surface area contributed by atoms with Crippen LogP contribution in [0.2, 0.25) is 0 Å². The van der Waals surface area contributed by atoms with Crippen molar-refractivity contribution in [2.24, 2.45) is 0 Å². The van der Waals surface area contributed by atoms with Crippen LogP contribution in [0.5, 0.6) is 0 Å². The van der Waals surface area contributed by atoms with Crippen LogP contribution in [0.4, 0.5) is 0 Å². The first-order valence-electron chi connectivity index (χ1n) is 5.00. The predicted octanol–water partition coefficient (Wildman–Crippen LogP) is 3.09. The molecule has 2 nitrogen and oxygen atoms in total. The van der Waals surface area contributed by atoms with Crippen molar-refractivity contribution in [3.8, 4) is 0 Å². The van der Waals surface area contributed by atoms with Gasteiger partial charge in [-0.05, 0) is 28.7 Å². The number of aliphatic hydroxyl groups is 1. The zero-order chi connectivity index (χ0) is 11.1. The smallest absolute Gasteiger partial charge is 0.0815 e. The molecule has 0 radical (unpaired) electrons. The summed E-state index contributed by atoms with van der Waals surface area (Å²) in [5, 5.41) is 9.36. The van der Waals surface area contributed by atoms with E-state index in [0.717, 1.165) is 15.8 Å². The summed E-state index contributed by atoms with van der Waals surface area (Å²) >= 11 is 1.61. The second-order valence-corrected chi connectivity index (χ2v) is 5.62. The monoisotopic (exact) mass is 221 g/mol. The summed E-state index contributed by atoms with van der Waals surface area (Å²) in [4.78, 5) is 4.31. The Morgan fingerprint density at radius 3 is 2.67 bits per heavy atom. The SMILES string of the molecule is CC(C)(C)c1cc2ncsc2cc1CO. The van der Waals surface area contributed by atoms with Gasteiger partial charge in [0.1, 0.15) is 0 Å². The molecular weight excluding hydrogens is 206 g/mol. The summed E-state index contributed by atoms with van der Waals surface area (Å²) in [6, 6.07) is 4.14. The van der Waals surface area contributed by atoms with Crippen LogP contribution in [0.25, 0.3) is 10.2 Å². The Morgan fingerprint density at radius 1 is 1.33 bits per heavy atom. The Kier molecular flexibility index (Phi) is 2.52. The molecule has 0 aliphatic heterocycles. The lowest BCUT2D eigenvalue weighted by molar-refractivity contribution is 0.279. The molecule has 0 bridgehead atoms. The van der Waals surface area contributed by atoms with Gasteiger partial charge < -0.3 is 5.11 Å². The van der Waals surface area contributed by atoms with Crippen molar-refractivity contribution in [1.29, 1.82) is 0 Å². The molecule has 0 aliphatic carbocycles. The largest absolute Gasteiger partial charge is 0.392 e. The molecule has 0 saturated carbocycles. The Labute approximate surface area is 93.6 Å². The summed E-state index contributed by atoms with van der Waals surface area (Å²) in [6.07, 6.45) is 0. The lowest BCUT2D eigenvalue weighted by Crippen LogP contribution is -2.14. The molecular formula is C12H15NOS. The number of fused-ring (bicyclic) bond motifs is 1. The maximum Gasteiger partial charge on any atom is 0.0815 e. The van der Waals surface area contributed by atoms with Crippen LogP contribution in [0.1, 0.15) is 31.9 Å². The third-order valence-corrected chi connectivity index (χ3v) is 3.33. The van der Waals surface area contributed by atoms with Gasteiger partial charge in [-0.3, -0.25) is 0 Å². The number of thiazole rings is 1. The molecule has 0 aliphatic rings. The zero-order valence-corrected chi connectivity index (χ0v) is 10.1. The topological polar surface area (TPSA) is 33.1 Å². The molecule has 1 aromatic heterocycles. The minimum atomic E-state index is 0.0515. The van der Waals surface area contributed by atoms with Gasteiger partial charge >= 0.3 is 0 Å². The minimum absolute atomic E-state index is 0.0515. The first kappa shape index (κ1) is 10.6. The average molecular weight is 221 g/mol. The van der Waals surface area contributed by atoms with Crippen LogP contribution in [0.3, 0.4) is 0 Å². The highest BCUT2D eigenvalue weighted by Gasteiger charge is 2.18. The Balaban J connectivity index is 2.70. The van der Waals surface area contributed by atoms with Gasteiger partial charge in [-0.15, -0.1) is 11.3 Å². The molecule has 2 rings (SSSR count). The summed E-state index contributed by atoms with van der Waals surface area (Å²) in [6.45, 7) is 6.56. The second-order valence-electron chi connectivity index (χ2n) is 4.74. The fourth-order valence-electron chi connectivity index (χ4n) is 1.77. The van der Waals surface area contributed by atoms with E-state index >= 15 is 0 Å². The highest BCUT2D eigenvalue weighted by atomic mass is 32.1. The van der Waals surface area contributed by atoms with Crippen molar-refractivity contribution in [3.63, 3.8) is 0 Å². The number of rotatable bonds is 1. The molecule has 0 atom stereocenters. The molecule has 0 amide bonds. The Hall–Kier alpha value is -0.930. The van der Waals surface area contributed by atoms with Crippen molar-refractivity contribution >= 4 is 21.6 Å². The minimum Gasteiger partial charge on any atom is -0.392 e. The Bertz CT molecular complexity index is 482. The molecule has 3 heteroatoms. The Morgan fingerprint density at radius 2 is 2.07 bits per heavy atom. The van der Waals surface area contributed by atoms with E-state index in [1.165, 1.54) is 5.56 Å². The van der Waals surface area contributed by atoms with Crippen LogP contribution >= 0.6 is 11.3 Å². The van der Waals surface area contributed by atoms with E-state index in [1.54, 1.807) is 11.3 Å². The van der Waals surface area contributed by atoms with Crippen LogP contribution < -0.4 is 0 Å². The standard InChI is InChI=1S/C12H15NOS/c1-12(2,3)9-5-10-11(15-7-13-10)4-8(9)6-14/h4-5,7,14H,6H2,1-3H3. The van der Waals surface area contributed by atoms with E-state index in [2.05, 4.69) is 31.8 Å². The van der Waals surface area contributed by atoms with Crippen molar-refractivity contribution in [3.05, 3.63) is 28.8 Å². The van der Waals surface area contributed by atoms with Gasteiger partial charge in [0.25, 0.3) is 0 Å². The van der Waals surface area contributed by atoms with Gasteiger partial charge in [0.2, 0.25) is 0 Å². The summed E-state index contributed by atoms with van der Waals surface area (Å²) < 4.78 is 1.15. The molecule has 0 unspecified atom stereocenters. The third kappa shape index (κ3) is 1.90. The second kappa shape index (κ2) is 3.58. The number of aliphatic hydroxyl groups excluding tert-OH is 1. The van der Waals surface area contributed by atoms with Crippen LogP contribution in [-0.2, 0) is 12.0 Å². The summed E-state index contributed by atoms with van der Waals surface area (Å²) in [7, 11) is 0. The molecule has 2 aromatic rings. The number of nitrogens with zero attached hydrogens (tertiary/aromatic N) is 1. The molecule has 0 saturated heterocycles. The highest BCUT2D eigenvalue weighted by molar-refractivity contribution is 7.16. The van der Waals surface area contributed by atoms with Crippen molar-refractivity contribution in [2.45, 2.75) is 32.8 Å². The van der Waals surface area contributed by atoms with E-state index in [-0.39, 0.29) is 12.0 Å². The molecule has 0 fully saturated rings. The first-order valence-corrected chi connectivity index (χ1v) is 5.88. The maximum absolute atomic E-state index is 9.36. The van der Waals surface area contributed by atoms with Crippen LogP contribution in [0, 0.1) is 0 Å². The van der Waals surface area contributed by atoms with Gasteiger partial charge in [-0.2, -0.15) is 0 Å². The van der Waals surface area contributed by atoms with Crippen LogP contribution in [-0.4, -0.2) is 10.1 Å². The fourth-order valence-corrected chi connectivity index (χ4v) is 2.50. The molecule has 0 spiro atoms. The van der Waals surface area contributed by atoms with Gasteiger partial charge in [0.15, 0.2) is 0 Å².